The molecule has 32 heavy (non-hydrogen) atoms. The number of nitrogens with one attached hydrogen (secondary N) is 1. The summed E-state index contributed by atoms with van der Waals surface area (Å²) in [6, 6.07) is 29.9. The van der Waals surface area contributed by atoms with Crippen LogP contribution in [0.15, 0.2) is 91.0 Å². The Hall–Kier alpha value is -2.54. The number of hydrogen-bond acceptors (Lipinski definition) is 5. The van der Waals surface area contributed by atoms with E-state index in [0.717, 1.165) is 16.7 Å². The molecular formula is C27H31NO4. The van der Waals surface area contributed by atoms with Gasteiger partial charge in [-0.3, -0.25) is 0 Å². The van der Waals surface area contributed by atoms with Crippen LogP contribution < -0.4 is 5.32 Å². The van der Waals surface area contributed by atoms with Gasteiger partial charge in [0, 0.05) is 6.54 Å². The van der Waals surface area contributed by atoms with Crippen LogP contribution in [-0.4, -0.2) is 42.6 Å². The van der Waals surface area contributed by atoms with Crippen LogP contribution in [0.1, 0.15) is 16.7 Å². The summed E-state index contributed by atoms with van der Waals surface area (Å²) in [7, 11) is 0. The standard InChI is InChI=1S/C27H31NO4/c29-26-24(20-30-17-21-10-4-1-5-11-21)28-16-25(31-18-22-12-6-2-7-13-22)27(26)32-19-23-14-8-3-9-15-23/h1-15,24-29H,16-20H2/t24?,25-,26+,27+/m0/s1. The van der Waals surface area contributed by atoms with Gasteiger partial charge in [0.2, 0.25) is 0 Å². The topological polar surface area (TPSA) is 60.0 Å². The molecule has 2 N–H and O–H groups in total. The van der Waals surface area contributed by atoms with Gasteiger partial charge in [-0.25, -0.2) is 0 Å². The first-order chi connectivity index (χ1) is 15.8. The molecule has 5 heteroatoms. The highest BCUT2D eigenvalue weighted by Crippen LogP contribution is 2.21. The van der Waals surface area contributed by atoms with E-state index >= 15 is 0 Å². The van der Waals surface area contributed by atoms with E-state index in [0.29, 0.717) is 33.0 Å². The van der Waals surface area contributed by atoms with E-state index < -0.39 is 12.2 Å². The maximum Gasteiger partial charge on any atom is 0.113 e. The third kappa shape index (κ3) is 6.48. The molecule has 4 atom stereocenters. The molecule has 3 aromatic rings. The molecule has 0 aromatic heterocycles. The highest BCUT2D eigenvalue weighted by Gasteiger charge is 2.40. The molecule has 1 heterocycles. The minimum absolute atomic E-state index is 0.226. The molecule has 1 saturated heterocycles. The van der Waals surface area contributed by atoms with E-state index in [1.165, 1.54) is 0 Å². The largest absolute Gasteiger partial charge is 0.389 e. The number of benzene rings is 3. The van der Waals surface area contributed by atoms with Gasteiger partial charge in [-0.2, -0.15) is 0 Å². The number of aliphatic hydroxyl groups excluding tert-OH is 1. The Morgan fingerprint density at radius 2 is 1.19 bits per heavy atom. The van der Waals surface area contributed by atoms with Gasteiger partial charge in [-0.15, -0.1) is 0 Å². The lowest BCUT2D eigenvalue weighted by Crippen LogP contribution is -2.62. The Balaban J connectivity index is 1.36. The van der Waals surface area contributed by atoms with Crippen molar-refractivity contribution in [3.63, 3.8) is 0 Å². The van der Waals surface area contributed by atoms with E-state index in [1.54, 1.807) is 0 Å². The second kappa shape index (κ2) is 11.9. The fourth-order valence-electron chi connectivity index (χ4n) is 3.89. The van der Waals surface area contributed by atoms with Crippen molar-refractivity contribution in [3.8, 4) is 0 Å². The summed E-state index contributed by atoms with van der Waals surface area (Å²) in [5.74, 6) is 0. The molecule has 0 saturated carbocycles. The number of ether oxygens (including phenoxy) is 3. The van der Waals surface area contributed by atoms with Gasteiger partial charge >= 0.3 is 0 Å². The van der Waals surface area contributed by atoms with Crippen LogP contribution >= 0.6 is 0 Å². The van der Waals surface area contributed by atoms with Crippen LogP contribution in [0.25, 0.3) is 0 Å². The Morgan fingerprint density at radius 1 is 0.688 bits per heavy atom. The molecule has 4 rings (SSSR count). The predicted molar refractivity (Wildman–Crippen MR) is 124 cm³/mol. The normalized spacial score (nSPS) is 23.2. The number of rotatable bonds is 10. The van der Waals surface area contributed by atoms with Crippen LogP contribution in [-0.2, 0) is 34.0 Å². The maximum atomic E-state index is 11.1. The van der Waals surface area contributed by atoms with Crippen molar-refractivity contribution in [3.05, 3.63) is 108 Å². The molecule has 1 unspecified atom stereocenters. The van der Waals surface area contributed by atoms with Crippen LogP contribution in [0.2, 0.25) is 0 Å². The molecule has 168 valence electrons. The van der Waals surface area contributed by atoms with Crippen LogP contribution in [0.5, 0.6) is 0 Å². The average molecular weight is 434 g/mol. The second-order valence-electron chi connectivity index (χ2n) is 8.10. The van der Waals surface area contributed by atoms with Crippen molar-refractivity contribution in [1.29, 1.82) is 0 Å². The first-order valence-corrected chi connectivity index (χ1v) is 11.1. The average Bonchev–Trinajstić information content (AvgIpc) is 2.85. The van der Waals surface area contributed by atoms with E-state index in [2.05, 4.69) is 5.32 Å². The fraction of sp³-hybridized carbons (Fsp3) is 0.333. The van der Waals surface area contributed by atoms with Gasteiger partial charge < -0.3 is 24.6 Å². The van der Waals surface area contributed by atoms with Gasteiger partial charge in [0.25, 0.3) is 0 Å². The number of hydrogen-bond donors (Lipinski definition) is 2. The van der Waals surface area contributed by atoms with Gasteiger partial charge in [-0.05, 0) is 16.7 Å². The highest BCUT2D eigenvalue weighted by molar-refractivity contribution is 5.15. The van der Waals surface area contributed by atoms with Crippen molar-refractivity contribution in [1.82, 2.24) is 5.32 Å². The zero-order valence-electron chi connectivity index (χ0n) is 18.2. The van der Waals surface area contributed by atoms with Gasteiger partial charge in [0.1, 0.15) is 12.2 Å². The van der Waals surface area contributed by atoms with E-state index in [4.69, 9.17) is 14.2 Å². The lowest BCUT2D eigenvalue weighted by atomic mass is 9.96. The van der Waals surface area contributed by atoms with Crippen molar-refractivity contribution in [2.75, 3.05) is 13.2 Å². The minimum Gasteiger partial charge on any atom is -0.389 e. The summed E-state index contributed by atoms with van der Waals surface area (Å²) < 4.78 is 18.3. The zero-order valence-corrected chi connectivity index (χ0v) is 18.2. The Bertz CT molecular complexity index is 907. The molecule has 1 aliphatic heterocycles. The summed E-state index contributed by atoms with van der Waals surface area (Å²) in [6.45, 7) is 2.39. The zero-order chi connectivity index (χ0) is 22.0. The second-order valence-corrected chi connectivity index (χ2v) is 8.10. The Labute approximate surface area is 190 Å². The van der Waals surface area contributed by atoms with E-state index in [9.17, 15) is 5.11 Å². The van der Waals surface area contributed by atoms with Crippen LogP contribution in [0.3, 0.4) is 0 Å². The van der Waals surface area contributed by atoms with Crippen LogP contribution in [0.4, 0.5) is 0 Å². The first kappa shape index (κ1) is 22.6. The smallest absolute Gasteiger partial charge is 0.113 e. The summed E-state index contributed by atoms with van der Waals surface area (Å²) in [4.78, 5) is 0. The quantitative estimate of drug-likeness (QED) is 0.511. The summed E-state index contributed by atoms with van der Waals surface area (Å²) >= 11 is 0. The maximum absolute atomic E-state index is 11.1. The van der Waals surface area contributed by atoms with Crippen molar-refractivity contribution in [2.45, 2.75) is 44.2 Å². The molecule has 3 aromatic carbocycles. The van der Waals surface area contributed by atoms with Crippen molar-refractivity contribution < 1.29 is 19.3 Å². The third-order valence-corrected chi connectivity index (χ3v) is 5.70. The van der Waals surface area contributed by atoms with Crippen LogP contribution in [0, 0.1) is 0 Å². The number of piperidine rings is 1. The predicted octanol–water partition coefficient (Wildman–Crippen LogP) is 3.71. The van der Waals surface area contributed by atoms with Crippen molar-refractivity contribution in [2.24, 2.45) is 0 Å². The van der Waals surface area contributed by atoms with Crippen molar-refractivity contribution >= 4 is 0 Å². The molecular weight excluding hydrogens is 402 g/mol. The van der Waals surface area contributed by atoms with Gasteiger partial charge in [0.05, 0.1) is 38.6 Å². The SMILES string of the molecule is O[C@@H]1C(COCc2ccccc2)NC[C@H](OCc2ccccc2)[C@H]1OCc1ccccc1. The fourth-order valence-corrected chi connectivity index (χ4v) is 3.89. The molecule has 5 nitrogen and oxygen atoms in total. The van der Waals surface area contributed by atoms with Gasteiger partial charge in [-0.1, -0.05) is 91.0 Å². The van der Waals surface area contributed by atoms with E-state index in [-0.39, 0.29) is 12.1 Å². The minimum atomic E-state index is -0.746. The van der Waals surface area contributed by atoms with Gasteiger partial charge in [0.15, 0.2) is 0 Å². The molecule has 0 radical (unpaired) electrons. The molecule has 0 aliphatic carbocycles. The summed E-state index contributed by atoms with van der Waals surface area (Å²) in [5, 5.41) is 14.5. The van der Waals surface area contributed by atoms with E-state index in [1.807, 2.05) is 91.0 Å². The Morgan fingerprint density at radius 3 is 1.75 bits per heavy atom. The summed E-state index contributed by atoms with van der Waals surface area (Å²) in [6.07, 6.45) is -1.46. The lowest BCUT2D eigenvalue weighted by molar-refractivity contribution is -0.161. The molecule has 0 amide bonds. The molecule has 1 fully saturated rings. The summed E-state index contributed by atoms with van der Waals surface area (Å²) in [5.41, 5.74) is 3.27. The molecule has 1 aliphatic rings. The third-order valence-electron chi connectivity index (χ3n) is 5.70. The monoisotopic (exact) mass is 433 g/mol. The Kier molecular flexibility index (Phi) is 8.42. The molecule has 0 spiro atoms. The molecule has 0 bridgehead atoms. The first-order valence-electron chi connectivity index (χ1n) is 11.1. The highest BCUT2D eigenvalue weighted by atomic mass is 16.6. The number of aliphatic hydroxyl groups is 1. The lowest BCUT2D eigenvalue weighted by Gasteiger charge is -2.40.